The summed E-state index contributed by atoms with van der Waals surface area (Å²) in [6, 6.07) is 3.95. The fourth-order valence-corrected chi connectivity index (χ4v) is 3.69. The molecule has 3 aromatic rings. The number of hydrogen-bond acceptors (Lipinski definition) is 6. The Balaban J connectivity index is 1.54. The van der Waals surface area contributed by atoms with Gasteiger partial charge in [0.2, 0.25) is 5.71 Å². The van der Waals surface area contributed by atoms with Crippen LogP contribution in [-0.4, -0.2) is 37.8 Å². The molecule has 7 heteroatoms. The van der Waals surface area contributed by atoms with E-state index in [1.165, 1.54) is 6.33 Å². The minimum Gasteiger partial charge on any atom is -0.442 e. The summed E-state index contributed by atoms with van der Waals surface area (Å²) in [6.07, 6.45) is 6.23. The predicted molar refractivity (Wildman–Crippen MR) is 100 cm³/mol. The van der Waals surface area contributed by atoms with E-state index in [0.29, 0.717) is 41.3 Å². The summed E-state index contributed by atoms with van der Waals surface area (Å²) in [6.45, 7) is 5.17. The molecule has 1 aliphatic carbocycles. The van der Waals surface area contributed by atoms with Crippen LogP contribution in [0.1, 0.15) is 47.1 Å². The summed E-state index contributed by atoms with van der Waals surface area (Å²) in [5.74, 6) is 1.22. The Bertz CT molecular complexity index is 1050. The molecule has 0 spiro atoms. The lowest BCUT2D eigenvalue weighted by Crippen LogP contribution is -2.36. The van der Waals surface area contributed by atoms with Gasteiger partial charge in [-0.25, -0.2) is 9.97 Å². The lowest BCUT2D eigenvalue weighted by molar-refractivity contribution is 0.0733. The molecule has 4 heterocycles. The minimum absolute atomic E-state index is 0.0421. The van der Waals surface area contributed by atoms with Crippen LogP contribution in [0.25, 0.3) is 11.1 Å². The number of furan rings is 1. The number of carbonyl (C=O) groups excluding carboxylic acids is 1. The van der Waals surface area contributed by atoms with Gasteiger partial charge in [0, 0.05) is 36.9 Å². The number of nitrogens with one attached hydrogen (secondary N) is 1. The summed E-state index contributed by atoms with van der Waals surface area (Å²) in [5, 5.41) is 4.16. The van der Waals surface area contributed by atoms with Crippen LogP contribution in [0.4, 0.5) is 5.82 Å². The van der Waals surface area contributed by atoms with Crippen molar-refractivity contribution in [1.29, 1.82) is 0 Å². The van der Waals surface area contributed by atoms with Gasteiger partial charge in [0.1, 0.15) is 17.9 Å². The van der Waals surface area contributed by atoms with Crippen LogP contribution in [0.3, 0.4) is 0 Å². The van der Waals surface area contributed by atoms with Crippen LogP contribution in [0.5, 0.6) is 0 Å². The molecular formula is C20H21N5O2. The summed E-state index contributed by atoms with van der Waals surface area (Å²) in [5.41, 5.74) is 3.23. The Morgan fingerprint density at radius 2 is 2.15 bits per heavy atom. The number of hydrogen-bond donors (Lipinski definition) is 1. The molecule has 7 nitrogen and oxygen atoms in total. The number of rotatable bonds is 3. The summed E-state index contributed by atoms with van der Waals surface area (Å²) in [7, 11) is 0. The molecule has 0 saturated heterocycles. The first-order chi connectivity index (χ1) is 13.0. The van der Waals surface area contributed by atoms with Gasteiger partial charge in [-0.3, -0.25) is 9.78 Å². The van der Waals surface area contributed by atoms with Gasteiger partial charge < -0.3 is 14.6 Å². The second-order valence-electron chi connectivity index (χ2n) is 7.71. The van der Waals surface area contributed by atoms with Gasteiger partial charge in [0.25, 0.3) is 5.91 Å². The summed E-state index contributed by atoms with van der Waals surface area (Å²) in [4.78, 5) is 28.3. The Morgan fingerprint density at radius 3 is 2.96 bits per heavy atom. The first-order valence-corrected chi connectivity index (χ1v) is 9.28. The molecule has 5 rings (SSSR count). The van der Waals surface area contributed by atoms with Gasteiger partial charge in [-0.2, -0.15) is 0 Å². The average Bonchev–Trinajstić information content (AvgIpc) is 3.29. The predicted octanol–water partition coefficient (Wildman–Crippen LogP) is 3.09. The van der Waals surface area contributed by atoms with Crippen molar-refractivity contribution in [3.8, 4) is 0 Å². The van der Waals surface area contributed by atoms with E-state index >= 15 is 0 Å². The largest absolute Gasteiger partial charge is 0.442 e. The molecule has 2 aliphatic rings. The smallest absolute Gasteiger partial charge is 0.258 e. The van der Waals surface area contributed by atoms with Crippen molar-refractivity contribution < 1.29 is 9.21 Å². The van der Waals surface area contributed by atoms with Crippen LogP contribution < -0.4 is 5.32 Å². The molecule has 1 fully saturated rings. The average molecular weight is 363 g/mol. The summed E-state index contributed by atoms with van der Waals surface area (Å²) >= 11 is 0. The fraction of sp³-hybridized carbons (Fsp3) is 0.400. The number of amides is 1. The Morgan fingerprint density at radius 1 is 1.30 bits per heavy atom. The first kappa shape index (κ1) is 16.2. The number of carbonyl (C=O) groups is 1. The van der Waals surface area contributed by atoms with Crippen molar-refractivity contribution in [2.24, 2.45) is 0 Å². The Hall–Kier alpha value is -2.96. The third-order valence-corrected chi connectivity index (χ3v) is 5.55. The highest BCUT2D eigenvalue weighted by molar-refractivity contribution is 6.10. The normalized spacial score (nSPS) is 17.6. The lowest BCUT2D eigenvalue weighted by atomic mass is 10.0. The molecule has 1 aliphatic heterocycles. The number of aryl methyl sites for hydroxylation is 1. The molecule has 138 valence electrons. The Kier molecular flexibility index (Phi) is 3.47. The zero-order valence-corrected chi connectivity index (χ0v) is 15.5. The van der Waals surface area contributed by atoms with Crippen molar-refractivity contribution in [2.75, 3.05) is 11.9 Å². The molecule has 0 radical (unpaired) electrons. The minimum atomic E-state index is -0.0421. The summed E-state index contributed by atoms with van der Waals surface area (Å²) < 4.78 is 5.81. The van der Waals surface area contributed by atoms with Gasteiger partial charge >= 0.3 is 0 Å². The molecule has 27 heavy (non-hydrogen) atoms. The molecule has 1 N–H and O–H groups in total. The van der Waals surface area contributed by atoms with Crippen LogP contribution in [-0.2, 0) is 13.0 Å². The lowest BCUT2D eigenvalue weighted by Gasteiger charge is -2.28. The SMILES string of the molecule is Cc1oc2ncnc(NC3(C)CC3)c2c1C(=O)N1CCc2ncccc2C1. The van der Waals surface area contributed by atoms with E-state index < -0.39 is 0 Å². The van der Waals surface area contributed by atoms with E-state index in [1.807, 2.05) is 24.0 Å². The van der Waals surface area contributed by atoms with Gasteiger partial charge in [-0.05, 0) is 38.3 Å². The van der Waals surface area contributed by atoms with Crippen molar-refractivity contribution in [1.82, 2.24) is 19.9 Å². The van der Waals surface area contributed by atoms with Crippen LogP contribution >= 0.6 is 0 Å². The third kappa shape index (κ3) is 2.74. The second kappa shape index (κ2) is 5.77. The van der Waals surface area contributed by atoms with E-state index in [0.717, 1.165) is 30.5 Å². The molecule has 1 amide bonds. The first-order valence-electron chi connectivity index (χ1n) is 9.28. The quantitative estimate of drug-likeness (QED) is 0.770. The maximum atomic E-state index is 13.4. The van der Waals surface area contributed by atoms with Crippen LogP contribution in [0.2, 0.25) is 0 Å². The van der Waals surface area contributed by atoms with Gasteiger partial charge in [0.15, 0.2) is 0 Å². The fourth-order valence-electron chi connectivity index (χ4n) is 3.69. The molecule has 3 aromatic heterocycles. The number of anilines is 1. The highest BCUT2D eigenvalue weighted by Crippen LogP contribution is 2.40. The van der Waals surface area contributed by atoms with Crippen molar-refractivity contribution in [3.63, 3.8) is 0 Å². The second-order valence-corrected chi connectivity index (χ2v) is 7.71. The maximum Gasteiger partial charge on any atom is 0.258 e. The van der Waals surface area contributed by atoms with E-state index in [1.54, 1.807) is 6.20 Å². The molecule has 0 unspecified atom stereocenters. The molecule has 0 atom stereocenters. The van der Waals surface area contributed by atoms with E-state index in [-0.39, 0.29) is 11.4 Å². The highest BCUT2D eigenvalue weighted by Gasteiger charge is 2.39. The monoisotopic (exact) mass is 363 g/mol. The van der Waals surface area contributed by atoms with Crippen molar-refractivity contribution in [2.45, 2.75) is 45.2 Å². The van der Waals surface area contributed by atoms with Crippen molar-refractivity contribution >= 4 is 22.8 Å². The van der Waals surface area contributed by atoms with E-state index in [2.05, 4.69) is 27.2 Å². The Labute approximate surface area is 156 Å². The van der Waals surface area contributed by atoms with E-state index in [9.17, 15) is 4.79 Å². The molecular weight excluding hydrogens is 342 g/mol. The van der Waals surface area contributed by atoms with Crippen LogP contribution in [0, 0.1) is 6.92 Å². The van der Waals surface area contributed by atoms with Crippen LogP contribution in [0.15, 0.2) is 29.1 Å². The maximum absolute atomic E-state index is 13.4. The number of nitrogens with zero attached hydrogens (tertiary/aromatic N) is 4. The number of fused-ring (bicyclic) bond motifs is 2. The standard InChI is InChI=1S/C20H21N5O2/c1-12-15(19(26)25-9-5-14-13(10-25)4-3-8-21-14)16-17(24-20(2)6-7-20)22-11-23-18(16)27-12/h3-4,8,11H,5-7,9-10H2,1-2H3,(H,22,23,24). The topological polar surface area (TPSA) is 84.2 Å². The molecule has 1 saturated carbocycles. The third-order valence-electron chi connectivity index (χ3n) is 5.55. The molecule has 0 bridgehead atoms. The van der Waals surface area contributed by atoms with Gasteiger partial charge in [0.05, 0.1) is 10.9 Å². The zero-order valence-electron chi connectivity index (χ0n) is 15.5. The number of aromatic nitrogens is 3. The highest BCUT2D eigenvalue weighted by atomic mass is 16.3. The van der Waals surface area contributed by atoms with Gasteiger partial charge in [-0.15, -0.1) is 0 Å². The number of pyridine rings is 1. The molecule has 0 aromatic carbocycles. The van der Waals surface area contributed by atoms with E-state index in [4.69, 9.17) is 4.42 Å². The zero-order chi connectivity index (χ0) is 18.6. The van der Waals surface area contributed by atoms with Gasteiger partial charge in [-0.1, -0.05) is 6.07 Å². The van der Waals surface area contributed by atoms with Crippen molar-refractivity contribution in [3.05, 3.63) is 47.2 Å².